The quantitative estimate of drug-likeness (QED) is 0.508. The van der Waals surface area contributed by atoms with Crippen LogP contribution in [0.4, 0.5) is 0 Å². The molecular formula is C18H20O8. The van der Waals surface area contributed by atoms with E-state index in [1.54, 1.807) is 12.1 Å². The Morgan fingerprint density at radius 1 is 1.04 bits per heavy atom. The fraction of sp³-hybridized carbons (Fsp3) is 0.389. The molecule has 0 saturated carbocycles. The lowest BCUT2D eigenvalue weighted by Gasteiger charge is -2.32. The summed E-state index contributed by atoms with van der Waals surface area (Å²) in [6.45, 7) is 0. The second kappa shape index (κ2) is 7.08. The van der Waals surface area contributed by atoms with Crippen molar-refractivity contribution in [1.82, 2.24) is 0 Å². The molecule has 0 fully saturated rings. The lowest BCUT2D eigenvalue weighted by molar-refractivity contribution is -0.128. The Kier molecular flexibility index (Phi) is 5.01. The maximum atomic E-state index is 12.3. The predicted molar refractivity (Wildman–Crippen MR) is 89.0 cm³/mol. The third-order valence-corrected chi connectivity index (χ3v) is 4.53. The first kappa shape index (κ1) is 18.4. The molecule has 2 aromatic rings. The normalized spacial score (nSPS) is 25.0. The molecule has 1 heterocycles. The largest absolute Gasteiger partial charge is 0.504 e. The molecule has 5 N–H and O–H groups in total. The number of hydrogen-bond donors (Lipinski definition) is 5. The van der Waals surface area contributed by atoms with E-state index in [-0.39, 0.29) is 29.3 Å². The van der Waals surface area contributed by atoms with Gasteiger partial charge in [0.2, 0.25) is 0 Å². The van der Waals surface area contributed by atoms with Crippen molar-refractivity contribution in [2.45, 2.75) is 37.3 Å². The summed E-state index contributed by atoms with van der Waals surface area (Å²) in [6.07, 6.45) is -5.85. The molecule has 0 amide bonds. The van der Waals surface area contributed by atoms with Crippen LogP contribution in [0.15, 0.2) is 33.5 Å². The molecule has 140 valence electrons. The summed E-state index contributed by atoms with van der Waals surface area (Å²) in [4.78, 5) is 12.3. The van der Waals surface area contributed by atoms with Crippen LogP contribution in [0.2, 0.25) is 0 Å². The smallest absolute Gasteiger partial charge is 0.191 e. The maximum Gasteiger partial charge on any atom is 0.191 e. The predicted octanol–water partition coefficient (Wildman–Crippen LogP) is -0.0586. The van der Waals surface area contributed by atoms with Crippen LogP contribution in [0.5, 0.6) is 11.5 Å². The third kappa shape index (κ3) is 3.19. The fourth-order valence-electron chi connectivity index (χ4n) is 3.06. The van der Waals surface area contributed by atoms with Gasteiger partial charge in [-0.15, -0.1) is 0 Å². The van der Waals surface area contributed by atoms with E-state index in [9.17, 15) is 30.3 Å². The van der Waals surface area contributed by atoms with Crippen LogP contribution in [-0.4, -0.2) is 44.9 Å². The highest BCUT2D eigenvalue weighted by atomic mass is 16.5. The van der Waals surface area contributed by atoms with Crippen LogP contribution in [0, 0.1) is 0 Å². The van der Waals surface area contributed by atoms with Gasteiger partial charge in [0.05, 0.1) is 12.7 Å². The van der Waals surface area contributed by atoms with Crippen molar-refractivity contribution in [2.75, 3.05) is 7.11 Å². The van der Waals surface area contributed by atoms with Gasteiger partial charge in [0.1, 0.15) is 35.9 Å². The molecule has 0 radical (unpaired) electrons. The zero-order valence-electron chi connectivity index (χ0n) is 14.0. The maximum absolute atomic E-state index is 12.3. The van der Waals surface area contributed by atoms with Crippen molar-refractivity contribution in [3.8, 4) is 11.5 Å². The van der Waals surface area contributed by atoms with Gasteiger partial charge in [0.15, 0.2) is 16.9 Å². The molecule has 1 aliphatic carbocycles. The van der Waals surface area contributed by atoms with E-state index in [0.29, 0.717) is 12.2 Å². The molecular weight excluding hydrogens is 344 g/mol. The Morgan fingerprint density at radius 3 is 2.38 bits per heavy atom. The van der Waals surface area contributed by atoms with Crippen LogP contribution in [0.3, 0.4) is 0 Å². The summed E-state index contributed by atoms with van der Waals surface area (Å²) in [7, 11) is 1.45. The molecule has 1 aromatic heterocycles. The highest BCUT2D eigenvalue weighted by Crippen LogP contribution is 2.35. The van der Waals surface area contributed by atoms with Crippen LogP contribution < -0.4 is 10.2 Å². The molecule has 8 nitrogen and oxygen atoms in total. The minimum atomic E-state index is -1.67. The Morgan fingerprint density at radius 2 is 1.73 bits per heavy atom. The van der Waals surface area contributed by atoms with Crippen molar-refractivity contribution < 1.29 is 34.7 Å². The summed E-state index contributed by atoms with van der Waals surface area (Å²) in [5, 5.41) is 49.3. The molecule has 1 aromatic carbocycles. The van der Waals surface area contributed by atoms with Gasteiger partial charge in [-0.1, -0.05) is 6.07 Å². The number of aryl methyl sites for hydroxylation is 2. The van der Waals surface area contributed by atoms with E-state index < -0.39 is 29.8 Å². The van der Waals surface area contributed by atoms with E-state index in [1.807, 2.05) is 0 Å². The van der Waals surface area contributed by atoms with Gasteiger partial charge in [-0.05, 0) is 24.1 Å². The number of phenolic OH excluding ortho intramolecular Hbond substituents is 1. The lowest BCUT2D eigenvalue weighted by atomic mass is 9.87. The summed E-state index contributed by atoms with van der Waals surface area (Å²) >= 11 is 0. The van der Waals surface area contributed by atoms with Gasteiger partial charge >= 0.3 is 0 Å². The molecule has 8 heteroatoms. The monoisotopic (exact) mass is 364 g/mol. The number of methoxy groups -OCH3 is 1. The van der Waals surface area contributed by atoms with E-state index in [4.69, 9.17) is 9.15 Å². The first-order valence-electron chi connectivity index (χ1n) is 8.08. The number of hydrogen-bond acceptors (Lipinski definition) is 8. The zero-order chi connectivity index (χ0) is 19.0. The average molecular weight is 364 g/mol. The molecule has 0 aliphatic heterocycles. The summed E-state index contributed by atoms with van der Waals surface area (Å²) in [6, 6.07) is 6.09. The molecule has 0 saturated heterocycles. The minimum Gasteiger partial charge on any atom is -0.504 e. The van der Waals surface area contributed by atoms with Crippen LogP contribution in [-0.2, 0) is 12.8 Å². The van der Waals surface area contributed by atoms with Crippen molar-refractivity contribution >= 4 is 0 Å². The van der Waals surface area contributed by atoms with Gasteiger partial charge in [0, 0.05) is 12.5 Å². The van der Waals surface area contributed by atoms with Crippen LogP contribution in [0.1, 0.15) is 34.9 Å². The number of phenols is 1. The number of rotatable bonds is 4. The second-order valence-electron chi connectivity index (χ2n) is 6.23. The van der Waals surface area contributed by atoms with E-state index in [1.165, 1.54) is 19.2 Å². The first-order valence-corrected chi connectivity index (χ1v) is 8.08. The number of aliphatic hydroxyl groups excluding tert-OH is 4. The first-order chi connectivity index (χ1) is 12.3. The van der Waals surface area contributed by atoms with Crippen molar-refractivity contribution in [3.63, 3.8) is 0 Å². The standard InChI is InChI=1S/C18H20O8/c1-25-12-5-3-8(6-10(12)19)2-4-9-7-11(20)13-14(21)15(22)16(23)17(24)18(13)26-9/h3,5-7,14-17,19,21-24H,2,4H2,1H3/t14-,15-,16+,17-/m0/s1. The number of fused-ring (bicyclic) bond motifs is 1. The molecule has 0 bridgehead atoms. The topological polar surface area (TPSA) is 141 Å². The Bertz CT molecular complexity index is 859. The summed E-state index contributed by atoms with van der Waals surface area (Å²) in [5.74, 6) is 0.348. The molecule has 4 atom stereocenters. The van der Waals surface area contributed by atoms with Crippen LogP contribution >= 0.6 is 0 Å². The molecule has 1 aliphatic rings. The van der Waals surface area contributed by atoms with Crippen molar-refractivity contribution in [1.29, 1.82) is 0 Å². The second-order valence-corrected chi connectivity index (χ2v) is 6.23. The molecule has 3 rings (SSSR count). The Hall–Kier alpha value is -2.39. The number of aliphatic hydroxyl groups is 4. The Labute approximate surface area is 148 Å². The van der Waals surface area contributed by atoms with E-state index in [2.05, 4.69) is 0 Å². The summed E-state index contributed by atoms with van der Waals surface area (Å²) < 4.78 is 10.5. The highest BCUT2D eigenvalue weighted by Gasteiger charge is 2.43. The average Bonchev–Trinajstić information content (AvgIpc) is 2.62. The number of ether oxygens (including phenoxy) is 1. The molecule has 0 unspecified atom stereocenters. The van der Waals surface area contributed by atoms with Gasteiger partial charge in [-0.2, -0.15) is 0 Å². The third-order valence-electron chi connectivity index (χ3n) is 4.53. The fourth-order valence-corrected chi connectivity index (χ4v) is 3.06. The zero-order valence-corrected chi connectivity index (χ0v) is 14.0. The van der Waals surface area contributed by atoms with Crippen LogP contribution in [0.25, 0.3) is 0 Å². The lowest BCUT2D eigenvalue weighted by Crippen LogP contribution is -2.44. The number of aromatic hydroxyl groups is 1. The van der Waals surface area contributed by atoms with E-state index >= 15 is 0 Å². The van der Waals surface area contributed by atoms with Gasteiger partial charge < -0.3 is 34.7 Å². The van der Waals surface area contributed by atoms with Crippen molar-refractivity contribution in [3.05, 3.63) is 57.1 Å². The van der Waals surface area contributed by atoms with Gasteiger partial charge in [-0.25, -0.2) is 0 Å². The highest BCUT2D eigenvalue weighted by molar-refractivity contribution is 5.41. The SMILES string of the molecule is COc1ccc(CCc2cc(=O)c3c(o2)[C@@H](O)[C@H](O)[C@@H](O)[C@H]3O)cc1O. The number of benzene rings is 1. The van der Waals surface area contributed by atoms with Gasteiger partial charge in [0.25, 0.3) is 0 Å². The minimum absolute atomic E-state index is 0.00690. The Balaban J connectivity index is 1.86. The van der Waals surface area contributed by atoms with Crippen molar-refractivity contribution in [2.24, 2.45) is 0 Å². The van der Waals surface area contributed by atoms with E-state index in [0.717, 1.165) is 5.56 Å². The molecule has 0 spiro atoms. The molecule has 26 heavy (non-hydrogen) atoms. The summed E-state index contributed by atoms with van der Waals surface area (Å²) in [5.41, 5.74) is -0.0582. The van der Waals surface area contributed by atoms with Gasteiger partial charge in [-0.3, -0.25) is 4.79 Å².